The van der Waals surface area contributed by atoms with Gasteiger partial charge in [-0.1, -0.05) is 30.3 Å². The standard InChI is InChI=1S/C21H25N3O3/c22-21(26)24(18-6-2-1-3-7-18)19-11-9-17(10-12-19)5-4-8-20(25)23-13-15-27-16-14-23/h1-3,6-7,9-12H,4-5,8,13-16H2,(H2,22,26). The van der Waals surface area contributed by atoms with Crippen molar-refractivity contribution in [2.24, 2.45) is 5.73 Å². The summed E-state index contributed by atoms with van der Waals surface area (Å²) in [7, 11) is 0. The molecule has 1 fully saturated rings. The first-order chi connectivity index (χ1) is 13.1. The molecule has 2 aromatic rings. The SMILES string of the molecule is NC(=O)N(c1ccccc1)c1ccc(CCCC(=O)N2CCOCC2)cc1. The number of benzene rings is 2. The predicted octanol–water partition coefficient (Wildman–Crippen LogP) is 3.08. The van der Waals surface area contributed by atoms with Crippen LogP contribution in [0.5, 0.6) is 0 Å². The number of hydrogen-bond donors (Lipinski definition) is 1. The van der Waals surface area contributed by atoms with E-state index >= 15 is 0 Å². The van der Waals surface area contributed by atoms with Crippen molar-refractivity contribution in [3.8, 4) is 0 Å². The van der Waals surface area contributed by atoms with Crippen LogP contribution in [-0.4, -0.2) is 43.1 Å². The molecule has 0 saturated carbocycles. The molecule has 0 aliphatic carbocycles. The summed E-state index contributed by atoms with van der Waals surface area (Å²) in [6.07, 6.45) is 2.16. The van der Waals surface area contributed by atoms with Gasteiger partial charge in [0.2, 0.25) is 5.91 Å². The molecule has 1 aliphatic heterocycles. The Morgan fingerprint density at radius 1 is 0.963 bits per heavy atom. The first-order valence-corrected chi connectivity index (χ1v) is 9.24. The van der Waals surface area contributed by atoms with Crippen LogP contribution in [0.1, 0.15) is 18.4 Å². The molecule has 0 unspecified atom stereocenters. The second-order valence-electron chi connectivity index (χ2n) is 6.52. The Kier molecular flexibility index (Phi) is 6.44. The van der Waals surface area contributed by atoms with Gasteiger partial charge in [0.05, 0.1) is 24.6 Å². The quantitative estimate of drug-likeness (QED) is 0.852. The topological polar surface area (TPSA) is 75.9 Å². The minimum atomic E-state index is -0.523. The first-order valence-electron chi connectivity index (χ1n) is 9.24. The summed E-state index contributed by atoms with van der Waals surface area (Å²) in [4.78, 5) is 27.4. The second kappa shape index (κ2) is 9.19. The Labute approximate surface area is 159 Å². The maximum Gasteiger partial charge on any atom is 0.323 e. The highest BCUT2D eigenvalue weighted by molar-refractivity contribution is 5.98. The number of morpholine rings is 1. The Hall–Kier alpha value is -2.86. The monoisotopic (exact) mass is 367 g/mol. The highest BCUT2D eigenvalue weighted by Crippen LogP contribution is 2.25. The Balaban J connectivity index is 1.56. The van der Waals surface area contributed by atoms with Crippen molar-refractivity contribution in [2.45, 2.75) is 19.3 Å². The van der Waals surface area contributed by atoms with Gasteiger partial charge in [-0.2, -0.15) is 0 Å². The number of urea groups is 1. The zero-order chi connectivity index (χ0) is 19.1. The number of ether oxygens (including phenoxy) is 1. The summed E-state index contributed by atoms with van der Waals surface area (Å²) in [5.74, 6) is 0.193. The van der Waals surface area contributed by atoms with Crippen molar-refractivity contribution in [2.75, 3.05) is 31.2 Å². The highest BCUT2D eigenvalue weighted by atomic mass is 16.5. The lowest BCUT2D eigenvalue weighted by atomic mass is 10.1. The van der Waals surface area contributed by atoms with Crippen LogP contribution < -0.4 is 10.6 Å². The van der Waals surface area contributed by atoms with Gasteiger partial charge in [0, 0.05) is 19.5 Å². The van der Waals surface area contributed by atoms with E-state index in [4.69, 9.17) is 10.5 Å². The molecule has 27 heavy (non-hydrogen) atoms. The van der Waals surface area contributed by atoms with E-state index in [0.717, 1.165) is 29.8 Å². The molecule has 3 amide bonds. The molecule has 0 atom stereocenters. The van der Waals surface area contributed by atoms with Crippen molar-refractivity contribution in [3.63, 3.8) is 0 Å². The molecular formula is C21H25N3O3. The van der Waals surface area contributed by atoms with E-state index in [1.54, 1.807) is 0 Å². The molecule has 0 radical (unpaired) electrons. The summed E-state index contributed by atoms with van der Waals surface area (Å²) in [6.45, 7) is 2.64. The van der Waals surface area contributed by atoms with Crippen molar-refractivity contribution >= 4 is 23.3 Å². The molecule has 0 aromatic heterocycles. The number of nitrogens with zero attached hydrogens (tertiary/aromatic N) is 2. The zero-order valence-electron chi connectivity index (χ0n) is 15.3. The van der Waals surface area contributed by atoms with Gasteiger partial charge in [-0.3, -0.25) is 9.69 Å². The van der Waals surface area contributed by atoms with Gasteiger partial charge < -0.3 is 15.4 Å². The summed E-state index contributed by atoms with van der Waals surface area (Å²) >= 11 is 0. The normalized spacial score (nSPS) is 14.0. The zero-order valence-corrected chi connectivity index (χ0v) is 15.3. The average molecular weight is 367 g/mol. The van der Waals surface area contributed by atoms with Crippen LogP contribution in [-0.2, 0) is 16.0 Å². The van der Waals surface area contributed by atoms with E-state index in [0.29, 0.717) is 32.7 Å². The largest absolute Gasteiger partial charge is 0.378 e. The minimum Gasteiger partial charge on any atom is -0.378 e. The predicted molar refractivity (Wildman–Crippen MR) is 105 cm³/mol. The number of anilines is 2. The Morgan fingerprint density at radius 2 is 1.59 bits per heavy atom. The van der Waals surface area contributed by atoms with Crippen LogP contribution in [0, 0.1) is 0 Å². The molecule has 3 rings (SSSR count). The molecule has 1 heterocycles. The fourth-order valence-corrected chi connectivity index (χ4v) is 3.21. The molecule has 1 saturated heterocycles. The number of rotatable bonds is 6. The fraction of sp³-hybridized carbons (Fsp3) is 0.333. The molecule has 0 bridgehead atoms. The van der Waals surface area contributed by atoms with E-state index in [1.165, 1.54) is 4.90 Å². The highest BCUT2D eigenvalue weighted by Gasteiger charge is 2.17. The maximum atomic E-state index is 12.2. The van der Waals surface area contributed by atoms with Gasteiger partial charge in [0.15, 0.2) is 0 Å². The van der Waals surface area contributed by atoms with Crippen LogP contribution in [0.3, 0.4) is 0 Å². The first kappa shape index (κ1) is 18.9. The lowest BCUT2D eigenvalue weighted by Crippen LogP contribution is -2.40. The lowest BCUT2D eigenvalue weighted by molar-refractivity contribution is -0.135. The molecule has 0 spiro atoms. The number of carbonyl (C=O) groups excluding carboxylic acids is 2. The third kappa shape index (κ3) is 5.08. The van der Waals surface area contributed by atoms with Gasteiger partial charge in [0.1, 0.15) is 0 Å². The molecule has 2 N–H and O–H groups in total. The summed E-state index contributed by atoms with van der Waals surface area (Å²) < 4.78 is 5.27. The smallest absolute Gasteiger partial charge is 0.323 e. The van der Waals surface area contributed by atoms with Crippen LogP contribution in [0.15, 0.2) is 54.6 Å². The van der Waals surface area contributed by atoms with E-state index in [9.17, 15) is 9.59 Å². The molecule has 2 aromatic carbocycles. The van der Waals surface area contributed by atoms with E-state index < -0.39 is 6.03 Å². The third-order valence-corrected chi connectivity index (χ3v) is 4.65. The summed E-state index contributed by atoms with van der Waals surface area (Å²) in [5, 5.41) is 0. The lowest BCUT2D eigenvalue weighted by Gasteiger charge is -2.26. The van der Waals surface area contributed by atoms with Crippen molar-refractivity contribution in [3.05, 3.63) is 60.2 Å². The molecule has 6 heteroatoms. The van der Waals surface area contributed by atoms with Gasteiger partial charge in [-0.05, 0) is 42.7 Å². The van der Waals surface area contributed by atoms with Gasteiger partial charge in [0.25, 0.3) is 0 Å². The Morgan fingerprint density at radius 3 is 2.22 bits per heavy atom. The third-order valence-electron chi connectivity index (χ3n) is 4.65. The molecule has 6 nitrogen and oxygen atoms in total. The maximum absolute atomic E-state index is 12.2. The van der Waals surface area contributed by atoms with E-state index in [1.807, 2.05) is 59.5 Å². The van der Waals surface area contributed by atoms with Crippen LogP contribution in [0.2, 0.25) is 0 Å². The Bertz CT molecular complexity index is 756. The summed E-state index contributed by atoms with van der Waals surface area (Å²) in [5.41, 5.74) is 8.14. The van der Waals surface area contributed by atoms with Gasteiger partial charge >= 0.3 is 6.03 Å². The molecule has 1 aliphatic rings. The van der Waals surface area contributed by atoms with Crippen molar-refractivity contribution in [1.82, 2.24) is 4.90 Å². The average Bonchev–Trinajstić information content (AvgIpc) is 2.70. The van der Waals surface area contributed by atoms with Gasteiger partial charge in [-0.15, -0.1) is 0 Å². The molecular weight excluding hydrogens is 342 g/mol. The number of para-hydroxylation sites is 1. The van der Waals surface area contributed by atoms with Gasteiger partial charge in [-0.25, -0.2) is 4.79 Å². The number of nitrogens with two attached hydrogens (primary N) is 1. The fourth-order valence-electron chi connectivity index (χ4n) is 3.21. The number of amides is 3. The number of carbonyl (C=O) groups is 2. The van der Waals surface area contributed by atoms with Crippen molar-refractivity contribution in [1.29, 1.82) is 0 Å². The second-order valence-corrected chi connectivity index (χ2v) is 6.52. The van der Waals surface area contributed by atoms with Crippen LogP contribution in [0.4, 0.5) is 16.2 Å². The molecule has 142 valence electrons. The number of primary amides is 1. The minimum absolute atomic E-state index is 0.193. The summed E-state index contributed by atoms with van der Waals surface area (Å²) in [6, 6.07) is 16.5. The number of hydrogen-bond acceptors (Lipinski definition) is 3. The van der Waals surface area contributed by atoms with Crippen molar-refractivity contribution < 1.29 is 14.3 Å². The van der Waals surface area contributed by atoms with Crippen LogP contribution in [0.25, 0.3) is 0 Å². The van der Waals surface area contributed by atoms with Crippen LogP contribution >= 0.6 is 0 Å². The van der Waals surface area contributed by atoms with E-state index in [-0.39, 0.29) is 5.91 Å². The number of aryl methyl sites for hydroxylation is 1. The van der Waals surface area contributed by atoms with E-state index in [2.05, 4.69) is 0 Å².